The molecule has 0 radical (unpaired) electrons. The van der Waals surface area contributed by atoms with E-state index in [0.29, 0.717) is 5.92 Å². The van der Waals surface area contributed by atoms with E-state index >= 15 is 0 Å². The quantitative estimate of drug-likeness (QED) is 0.590. The van der Waals surface area contributed by atoms with Crippen molar-refractivity contribution in [1.82, 2.24) is 0 Å². The van der Waals surface area contributed by atoms with Gasteiger partial charge in [-0.2, -0.15) is 0 Å². The van der Waals surface area contributed by atoms with Gasteiger partial charge in [0.15, 0.2) is 0 Å². The summed E-state index contributed by atoms with van der Waals surface area (Å²) in [4.78, 5) is 0. The third-order valence-electron chi connectivity index (χ3n) is 6.82. The van der Waals surface area contributed by atoms with Gasteiger partial charge < -0.3 is 24.8 Å². The van der Waals surface area contributed by atoms with E-state index in [-0.39, 0.29) is 24.8 Å². The molecule has 0 aliphatic heterocycles. The Labute approximate surface area is 193 Å². The van der Waals surface area contributed by atoms with Crippen LogP contribution in [0.4, 0.5) is 0 Å². The van der Waals surface area contributed by atoms with Gasteiger partial charge in [0.2, 0.25) is 0 Å². The average Bonchev–Trinajstić information content (AvgIpc) is 3.16. The zero-order valence-corrected chi connectivity index (χ0v) is 20.4. The third kappa shape index (κ3) is 3.53. The second-order valence-electron chi connectivity index (χ2n) is 8.12. The van der Waals surface area contributed by atoms with Gasteiger partial charge in [0.05, 0.1) is 0 Å². The van der Waals surface area contributed by atoms with Gasteiger partial charge in [0, 0.05) is 0 Å². The molecule has 5 rings (SSSR count). The molecule has 3 aliphatic carbocycles. The molecule has 0 fully saturated rings. The van der Waals surface area contributed by atoms with E-state index < -0.39 is 23.2 Å². The zero-order valence-electron chi connectivity index (χ0n) is 16.5. The normalized spacial score (nSPS) is 22.6. The summed E-state index contributed by atoms with van der Waals surface area (Å²) < 4.78 is 1.72. The summed E-state index contributed by atoms with van der Waals surface area (Å²) >= 11 is -0.623. The van der Waals surface area contributed by atoms with E-state index in [4.69, 9.17) is 0 Å². The fourth-order valence-electron chi connectivity index (χ4n) is 5.08. The largest absolute Gasteiger partial charge is 1.00 e. The van der Waals surface area contributed by atoms with Crippen LogP contribution in [0.5, 0.6) is 0 Å². The van der Waals surface area contributed by atoms with Gasteiger partial charge in [-0.15, -0.1) is 0 Å². The monoisotopic (exact) mass is 486 g/mol. The first-order valence-corrected chi connectivity index (χ1v) is 13.0. The van der Waals surface area contributed by atoms with Gasteiger partial charge in [-0.05, 0) is 0 Å². The molecule has 3 aliphatic rings. The van der Waals surface area contributed by atoms with Crippen LogP contribution in [0.15, 0.2) is 60.2 Å². The molecule has 0 heterocycles. The summed E-state index contributed by atoms with van der Waals surface area (Å²) in [6, 6.07) is 18.4. The summed E-state index contributed by atoms with van der Waals surface area (Å²) in [5.74, 6) is 1.48. The standard InChI is InChI=1S/C14H17.C11H9.2ClH.Zr/c1-3-11(2)10-13-9-8-12-6-4-5-7-14(12)13;1-2-4-10-8(3-1)7-9-5-6-11(9)10;;;/h4-11,13H,3H2,1-2H3;1-4,7H,5-6H2;2*1H;/q;;;;+2/p-2. The number of allylic oxidation sites excluding steroid dienone is 3. The maximum atomic E-state index is 2.53. The Bertz CT molecular complexity index is 914. The second-order valence-corrected chi connectivity index (χ2v) is 12.0. The molecular weight excluding hydrogens is 462 g/mol. The minimum atomic E-state index is -0.623. The van der Waals surface area contributed by atoms with Crippen LogP contribution in [0, 0.1) is 5.92 Å². The van der Waals surface area contributed by atoms with Crippen LogP contribution in [0.3, 0.4) is 0 Å². The van der Waals surface area contributed by atoms with Crippen LogP contribution < -0.4 is 24.8 Å². The fraction of sp³-hybridized carbons (Fsp3) is 0.360. The van der Waals surface area contributed by atoms with Crippen LogP contribution in [-0.4, -0.2) is 0 Å². The van der Waals surface area contributed by atoms with E-state index in [9.17, 15) is 0 Å². The molecule has 2 aromatic carbocycles. The van der Waals surface area contributed by atoms with Crippen molar-refractivity contribution >= 4 is 11.6 Å². The molecule has 144 valence electrons. The molecular formula is C25H26Cl2Zr. The van der Waals surface area contributed by atoms with Gasteiger partial charge in [-0.3, -0.25) is 0 Å². The van der Waals surface area contributed by atoms with Gasteiger partial charge in [0.1, 0.15) is 0 Å². The predicted molar refractivity (Wildman–Crippen MR) is 107 cm³/mol. The van der Waals surface area contributed by atoms with Crippen LogP contribution in [0.2, 0.25) is 3.63 Å². The minimum absolute atomic E-state index is 0. The van der Waals surface area contributed by atoms with E-state index in [2.05, 4.69) is 74.5 Å². The molecule has 0 nitrogen and oxygen atoms in total. The first-order valence-electron chi connectivity index (χ1n) is 10.1. The molecule has 0 aromatic heterocycles. The average molecular weight is 489 g/mol. The summed E-state index contributed by atoms with van der Waals surface area (Å²) in [5, 5.41) is 0. The molecule has 0 saturated carbocycles. The van der Waals surface area contributed by atoms with Crippen molar-refractivity contribution in [2.75, 3.05) is 0 Å². The van der Waals surface area contributed by atoms with Crippen molar-refractivity contribution < 1.29 is 48.0 Å². The van der Waals surface area contributed by atoms with Crippen molar-refractivity contribution in [2.45, 2.75) is 46.3 Å². The summed E-state index contributed by atoms with van der Waals surface area (Å²) in [5.41, 5.74) is 9.89. The molecule has 0 spiro atoms. The number of fused-ring (bicyclic) bond motifs is 3. The maximum Gasteiger partial charge on any atom is -1.00 e. The van der Waals surface area contributed by atoms with Gasteiger partial charge >= 0.3 is 170 Å². The van der Waals surface area contributed by atoms with Gasteiger partial charge in [-0.25, -0.2) is 0 Å². The molecule has 0 N–H and O–H groups in total. The van der Waals surface area contributed by atoms with E-state index in [0.717, 1.165) is 13.2 Å². The predicted octanol–water partition coefficient (Wildman–Crippen LogP) is 1.02. The van der Waals surface area contributed by atoms with Crippen molar-refractivity contribution in [2.24, 2.45) is 5.92 Å². The van der Waals surface area contributed by atoms with Crippen molar-refractivity contribution in [1.29, 1.82) is 0 Å². The van der Waals surface area contributed by atoms with E-state index in [1.54, 1.807) is 22.3 Å². The number of hydrogen-bond donors (Lipinski definition) is 0. The Balaban J connectivity index is 0.00000112. The van der Waals surface area contributed by atoms with Crippen molar-refractivity contribution in [3.8, 4) is 0 Å². The first kappa shape index (κ1) is 22.1. The number of halogens is 2. The Hall–Kier alpha value is -0.617. The van der Waals surface area contributed by atoms with E-state index in [1.165, 1.54) is 24.8 Å². The molecule has 28 heavy (non-hydrogen) atoms. The minimum Gasteiger partial charge on any atom is -1.00 e. The smallest absolute Gasteiger partial charge is 1.00 e. The molecule has 0 amide bonds. The topological polar surface area (TPSA) is 0 Å². The number of benzene rings is 2. The summed E-state index contributed by atoms with van der Waals surface area (Å²) in [6.45, 7) is 4.90. The second kappa shape index (κ2) is 9.03. The SMILES string of the molecule is CCC(C)[CH]([Zr+2][CH]1C2=C(CC2)c2ccccc21)C1C=Cc2ccccc21.[Cl-].[Cl-]. The zero-order chi connectivity index (χ0) is 17.7. The Morgan fingerprint density at radius 1 is 0.964 bits per heavy atom. The number of hydrogen-bond acceptors (Lipinski definition) is 0. The molecule has 4 unspecified atom stereocenters. The van der Waals surface area contributed by atoms with Crippen molar-refractivity contribution in [3.63, 3.8) is 0 Å². The fourth-order valence-corrected chi connectivity index (χ4v) is 11.0. The van der Waals surface area contributed by atoms with Gasteiger partial charge in [-0.1, -0.05) is 0 Å². The van der Waals surface area contributed by atoms with Crippen LogP contribution in [0.1, 0.15) is 64.9 Å². The Morgan fingerprint density at radius 2 is 1.68 bits per heavy atom. The molecule has 2 aromatic rings. The first-order chi connectivity index (χ1) is 12.8. The summed E-state index contributed by atoms with van der Waals surface area (Å²) in [6.07, 6.45) is 8.89. The van der Waals surface area contributed by atoms with Crippen LogP contribution in [0.25, 0.3) is 11.6 Å². The van der Waals surface area contributed by atoms with E-state index in [1.807, 2.05) is 5.57 Å². The van der Waals surface area contributed by atoms with Crippen molar-refractivity contribution in [3.05, 3.63) is 82.4 Å². The third-order valence-corrected chi connectivity index (χ3v) is 12.5. The summed E-state index contributed by atoms with van der Waals surface area (Å²) in [7, 11) is 0. The molecule has 4 atom stereocenters. The van der Waals surface area contributed by atoms with Crippen LogP contribution >= 0.6 is 0 Å². The van der Waals surface area contributed by atoms with Crippen LogP contribution in [-0.2, 0) is 23.2 Å². The molecule has 3 heteroatoms. The van der Waals surface area contributed by atoms with Gasteiger partial charge in [0.25, 0.3) is 0 Å². The molecule has 0 bridgehead atoms. The Kier molecular flexibility index (Phi) is 7.12. The number of rotatable bonds is 5. The molecule has 0 saturated heterocycles. The maximum absolute atomic E-state index is 2.53. The Morgan fingerprint density at radius 3 is 2.39 bits per heavy atom.